The molecule has 2 aromatic rings. The average molecular weight is 284 g/mol. The molecule has 1 aliphatic rings. The lowest BCUT2D eigenvalue weighted by Gasteiger charge is -2.13. The molecule has 1 aliphatic carbocycles. The van der Waals surface area contributed by atoms with Gasteiger partial charge in [-0.05, 0) is 55.0 Å². The minimum absolute atomic E-state index is 0.0778. The molecule has 0 N–H and O–H groups in total. The summed E-state index contributed by atoms with van der Waals surface area (Å²) in [6, 6.07) is 15.7. The second-order valence-corrected chi connectivity index (χ2v) is 5.46. The number of carbonyl (C=O) groups is 1. The molecule has 21 heavy (non-hydrogen) atoms. The highest BCUT2D eigenvalue weighted by Crippen LogP contribution is 2.36. The smallest absolute Gasteiger partial charge is 0.338 e. The first-order valence-electron chi connectivity index (χ1n) is 7.24. The Morgan fingerprint density at radius 2 is 1.86 bits per heavy atom. The van der Waals surface area contributed by atoms with Gasteiger partial charge in [0.2, 0.25) is 0 Å². The van der Waals surface area contributed by atoms with Crippen LogP contribution in [0.2, 0.25) is 0 Å². The third-order valence-corrected chi connectivity index (χ3v) is 3.99. The Kier molecular flexibility index (Phi) is 4.00. The Balaban J connectivity index is 1.61. The molecule has 1 fully saturated rings. The first-order valence-corrected chi connectivity index (χ1v) is 7.24. The maximum atomic E-state index is 13.3. The van der Waals surface area contributed by atoms with Crippen LogP contribution >= 0.6 is 0 Å². The van der Waals surface area contributed by atoms with Gasteiger partial charge in [-0.25, -0.2) is 9.18 Å². The Labute approximate surface area is 123 Å². The molecule has 0 bridgehead atoms. The molecule has 0 saturated heterocycles. The summed E-state index contributed by atoms with van der Waals surface area (Å²) in [5.74, 6) is -0.216. The molecule has 0 spiro atoms. The molecular formula is C18H17FO2. The van der Waals surface area contributed by atoms with E-state index in [0.717, 1.165) is 24.8 Å². The third kappa shape index (κ3) is 3.30. The van der Waals surface area contributed by atoms with E-state index in [1.807, 2.05) is 24.3 Å². The lowest BCUT2D eigenvalue weighted by molar-refractivity contribution is 0.0315. The van der Waals surface area contributed by atoms with Gasteiger partial charge in [0.05, 0.1) is 5.56 Å². The fraction of sp³-hybridized carbons (Fsp3) is 0.278. The summed E-state index contributed by atoms with van der Waals surface area (Å²) in [5.41, 5.74) is 1.57. The maximum Gasteiger partial charge on any atom is 0.338 e. The van der Waals surface area contributed by atoms with Crippen molar-refractivity contribution in [2.45, 2.75) is 31.3 Å². The van der Waals surface area contributed by atoms with E-state index in [-0.39, 0.29) is 23.8 Å². The summed E-state index contributed by atoms with van der Waals surface area (Å²) in [6.07, 6.45) is 2.45. The predicted octanol–water partition coefficient (Wildman–Crippen LogP) is 4.32. The van der Waals surface area contributed by atoms with E-state index < -0.39 is 0 Å². The molecular weight excluding hydrogens is 267 g/mol. The quantitative estimate of drug-likeness (QED) is 0.785. The van der Waals surface area contributed by atoms with Crippen molar-refractivity contribution in [3.8, 4) is 0 Å². The molecule has 0 unspecified atom stereocenters. The van der Waals surface area contributed by atoms with E-state index in [0.29, 0.717) is 5.56 Å². The summed E-state index contributed by atoms with van der Waals surface area (Å²) < 4.78 is 18.8. The van der Waals surface area contributed by atoms with Gasteiger partial charge in [-0.3, -0.25) is 0 Å². The molecule has 0 amide bonds. The van der Waals surface area contributed by atoms with Gasteiger partial charge in [0, 0.05) is 0 Å². The van der Waals surface area contributed by atoms with Gasteiger partial charge in [-0.1, -0.05) is 30.3 Å². The lowest BCUT2D eigenvalue weighted by atomic mass is 9.98. The summed E-state index contributed by atoms with van der Waals surface area (Å²) in [7, 11) is 0. The number of halogens is 1. The second-order valence-electron chi connectivity index (χ2n) is 5.46. The van der Waals surface area contributed by atoms with Crippen LogP contribution in [0.1, 0.15) is 41.1 Å². The zero-order valence-corrected chi connectivity index (χ0v) is 11.7. The van der Waals surface area contributed by atoms with Crippen LogP contribution < -0.4 is 0 Å². The monoisotopic (exact) mass is 284 g/mol. The molecule has 3 rings (SSSR count). The third-order valence-electron chi connectivity index (χ3n) is 3.99. The van der Waals surface area contributed by atoms with E-state index in [1.54, 1.807) is 24.3 Å². The molecule has 108 valence electrons. The lowest BCUT2D eigenvalue weighted by Crippen LogP contribution is -2.15. The highest BCUT2D eigenvalue weighted by Gasteiger charge is 2.29. The number of carbonyl (C=O) groups excluding carboxylic acids is 1. The van der Waals surface area contributed by atoms with Gasteiger partial charge in [0.15, 0.2) is 0 Å². The van der Waals surface area contributed by atoms with Crippen molar-refractivity contribution in [1.82, 2.24) is 0 Å². The second kappa shape index (κ2) is 6.08. The molecule has 2 aromatic carbocycles. The molecule has 0 radical (unpaired) electrons. The molecule has 0 aromatic heterocycles. The Hall–Kier alpha value is -2.16. The number of hydrogen-bond acceptors (Lipinski definition) is 2. The fourth-order valence-electron chi connectivity index (χ4n) is 2.90. The fourth-order valence-corrected chi connectivity index (χ4v) is 2.90. The van der Waals surface area contributed by atoms with Crippen molar-refractivity contribution >= 4 is 5.97 Å². The summed E-state index contributed by atoms with van der Waals surface area (Å²) >= 11 is 0. The SMILES string of the molecule is O=C(O[C@@H]1CC[C@@H](c2cccc(F)c2)C1)c1ccccc1. The zero-order valence-electron chi connectivity index (χ0n) is 11.7. The largest absolute Gasteiger partial charge is 0.459 e. The van der Waals surface area contributed by atoms with Gasteiger partial charge in [0.1, 0.15) is 11.9 Å². The first kappa shape index (κ1) is 13.8. The van der Waals surface area contributed by atoms with Crippen LogP contribution in [-0.4, -0.2) is 12.1 Å². The zero-order chi connectivity index (χ0) is 14.7. The number of hydrogen-bond donors (Lipinski definition) is 0. The first-order chi connectivity index (χ1) is 10.2. The minimum Gasteiger partial charge on any atom is -0.459 e. The van der Waals surface area contributed by atoms with Crippen LogP contribution in [0.25, 0.3) is 0 Å². The van der Waals surface area contributed by atoms with Crippen LogP contribution in [0.5, 0.6) is 0 Å². The van der Waals surface area contributed by atoms with Crippen molar-refractivity contribution in [3.05, 3.63) is 71.5 Å². The standard InChI is InChI=1S/C18H17FO2/c19-16-8-4-7-14(11-16)15-9-10-17(12-15)21-18(20)13-5-2-1-3-6-13/h1-8,11,15,17H,9-10,12H2/t15-,17-/m1/s1. The Bertz CT molecular complexity index is 624. The van der Waals surface area contributed by atoms with E-state index in [9.17, 15) is 9.18 Å². The van der Waals surface area contributed by atoms with E-state index >= 15 is 0 Å². The topological polar surface area (TPSA) is 26.3 Å². The highest BCUT2D eigenvalue weighted by molar-refractivity contribution is 5.89. The van der Waals surface area contributed by atoms with Crippen molar-refractivity contribution in [2.75, 3.05) is 0 Å². The number of esters is 1. The van der Waals surface area contributed by atoms with Crippen LogP contribution in [0, 0.1) is 5.82 Å². The summed E-state index contributed by atoms with van der Waals surface area (Å²) in [6.45, 7) is 0. The Morgan fingerprint density at radius 3 is 2.62 bits per heavy atom. The number of ether oxygens (including phenoxy) is 1. The van der Waals surface area contributed by atoms with Gasteiger partial charge < -0.3 is 4.74 Å². The summed E-state index contributed by atoms with van der Waals surface area (Å²) in [4.78, 5) is 12.0. The highest BCUT2D eigenvalue weighted by atomic mass is 19.1. The van der Waals surface area contributed by atoms with E-state index in [1.165, 1.54) is 6.07 Å². The number of benzene rings is 2. The molecule has 2 atom stereocenters. The summed E-state index contributed by atoms with van der Waals surface area (Å²) in [5, 5.41) is 0. The van der Waals surface area contributed by atoms with E-state index in [4.69, 9.17) is 4.74 Å². The maximum absolute atomic E-state index is 13.3. The van der Waals surface area contributed by atoms with Crippen molar-refractivity contribution in [3.63, 3.8) is 0 Å². The van der Waals surface area contributed by atoms with Crippen LogP contribution in [-0.2, 0) is 4.74 Å². The van der Waals surface area contributed by atoms with Gasteiger partial charge in [-0.15, -0.1) is 0 Å². The van der Waals surface area contributed by atoms with Crippen molar-refractivity contribution < 1.29 is 13.9 Å². The van der Waals surface area contributed by atoms with Gasteiger partial charge in [-0.2, -0.15) is 0 Å². The van der Waals surface area contributed by atoms with Crippen LogP contribution in [0.15, 0.2) is 54.6 Å². The molecule has 3 heteroatoms. The average Bonchev–Trinajstić information content (AvgIpc) is 2.97. The normalized spacial score (nSPS) is 21.2. The van der Waals surface area contributed by atoms with E-state index in [2.05, 4.69) is 0 Å². The predicted molar refractivity (Wildman–Crippen MR) is 78.6 cm³/mol. The van der Waals surface area contributed by atoms with Crippen LogP contribution in [0.4, 0.5) is 4.39 Å². The number of rotatable bonds is 3. The Morgan fingerprint density at radius 1 is 1.05 bits per heavy atom. The molecule has 2 nitrogen and oxygen atoms in total. The molecule has 0 heterocycles. The van der Waals surface area contributed by atoms with Crippen molar-refractivity contribution in [2.24, 2.45) is 0 Å². The van der Waals surface area contributed by atoms with Gasteiger partial charge >= 0.3 is 5.97 Å². The van der Waals surface area contributed by atoms with Crippen LogP contribution in [0.3, 0.4) is 0 Å². The van der Waals surface area contributed by atoms with Gasteiger partial charge in [0.25, 0.3) is 0 Å². The van der Waals surface area contributed by atoms with Crippen molar-refractivity contribution in [1.29, 1.82) is 0 Å². The minimum atomic E-state index is -0.277. The molecule has 0 aliphatic heterocycles. The molecule has 1 saturated carbocycles.